The normalized spacial score (nSPS) is 23.7. The Morgan fingerprint density at radius 2 is 0.921 bits per heavy atom. The van der Waals surface area contributed by atoms with Crippen molar-refractivity contribution in [2.45, 2.75) is 64.7 Å². The van der Waals surface area contributed by atoms with Crippen molar-refractivity contribution in [3.05, 3.63) is 71.8 Å². The van der Waals surface area contributed by atoms with E-state index in [2.05, 4.69) is 10.6 Å². The largest absolute Gasteiger partial charge is 0.342 e. The van der Waals surface area contributed by atoms with Crippen LogP contribution >= 0.6 is 0 Å². The summed E-state index contributed by atoms with van der Waals surface area (Å²) >= 11 is 0. The van der Waals surface area contributed by atoms with Gasteiger partial charge in [0.05, 0.1) is 0 Å². The van der Waals surface area contributed by atoms with Crippen LogP contribution in [0.15, 0.2) is 60.7 Å². The smallest absolute Gasteiger partial charge is 0.245 e. The number of hydrogen-bond donors (Lipinski definition) is 2. The molecule has 0 bridgehead atoms. The molecule has 8 nitrogen and oxygen atoms in total. The topological polar surface area (TPSA) is 98.8 Å². The molecule has 0 unspecified atom stereocenters. The van der Waals surface area contributed by atoms with E-state index in [0.29, 0.717) is 0 Å². The minimum Gasteiger partial charge on any atom is -0.342 e. The molecule has 1 aliphatic rings. The number of nitrogens with one attached hydrogen (secondary N) is 2. The van der Waals surface area contributed by atoms with Crippen LogP contribution in [-0.2, 0) is 32.0 Å². The van der Waals surface area contributed by atoms with Crippen LogP contribution in [0.25, 0.3) is 0 Å². The van der Waals surface area contributed by atoms with Crippen molar-refractivity contribution in [2.75, 3.05) is 14.1 Å². The fourth-order valence-electron chi connectivity index (χ4n) is 4.76. The molecule has 8 heteroatoms. The maximum Gasteiger partial charge on any atom is 0.245 e. The lowest BCUT2D eigenvalue weighted by molar-refractivity contribution is -0.148. The molecular weight excluding hydrogens is 480 g/mol. The van der Waals surface area contributed by atoms with Crippen LogP contribution in [0, 0.1) is 11.8 Å². The van der Waals surface area contributed by atoms with E-state index in [9.17, 15) is 19.2 Å². The number of hydrogen-bond acceptors (Lipinski definition) is 4. The van der Waals surface area contributed by atoms with Gasteiger partial charge < -0.3 is 20.4 Å². The first-order valence-corrected chi connectivity index (χ1v) is 13.2. The quantitative estimate of drug-likeness (QED) is 0.611. The molecule has 2 aromatic rings. The summed E-state index contributed by atoms with van der Waals surface area (Å²) in [6.07, 6.45) is 0.554. The zero-order valence-corrected chi connectivity index (χ0v) is 23.2. The molecule has 4 atom stereocenters. The molecule has 2 N–H and O–H groups in total. The maximum atomic E-state index is 13.8. The molecule has 1 heterocycles. The summed E-state index contributed by atoms with van der Waals surface area (Å²) in [6, 6.07) is 15.4. The molecule has 2 aromatic carbocycles. The van der Waals surface area contributed by atoms with Crippen molar-refractivity contribution in [1.29, 1.82) is 0 Å². The van der Waals surface area contributed by atoms with Crippen LogP contribution in [0.5, 0.6) is 0 Å². The average Bonchev–Trinajstić information content (AvgIpc) is 2.90. The van der Waals surface area contributed by atoms with E-state index < -0.39 is 36.0 Å². The minimum atomic E-state index is -0.860. The first-order chi connectivity index (χ1) is 18.0. The molecule has 0 aromatic heterocycles. The Morgan fingerprint density at radius 3 is 1.21 bits per heavy atom. The Bertz CT molecular complexity index is 1030. The molecule has 1 saturated heterocycles. The predicted molar refractivity (Wildman–Crippen MR) is 147 cm³/mol. The zero-order chi connectivity index (χ0) is 28.0. The molecule has 0 saturated carbocycles. The molecule has 1 fully saturated rings. The number of carbonyl (C=O) groups excluding carboxylic acids is 4. The molecular formula is C30H40N4O4. The van der Waals surface area contributed by atoms with Crippen molar-refractivity contribution in [2.24, 2.45) is 11.8 Å². The minimum absolute atomic E-state index is 0.237. The van der Waals surface area contributed by atoms with Gasteiger partial charge in [0, 0.05) is 26.9 Å². The van der Waals surface area contributed by atoms with Gasteiger partial charge in [-0.25, -0.2) is 0 Å². The van der Waals surface area contributed by atoms with Crippen molar-refractivity contribution >= 4 is 23.6 Å². The van der Waals surface area contributed by atoms with Gasteiger partial charge in [-0.05, 0) is 23.0 Å². The van der Waals surface area contributed by atoms with Crippen LogP contribution in [-0.4, -0.2) is 71.7 Å². The van der Waals surface area contributed by atoms with Crippen molar-refractivity contribution in [3.63, 3.8) is 0 Å². The summed E-state index contributed by atoms with van der Waals surface area (Å²) in [7, 11) is 3.17. The van der Waals surface area contributed by atoms with E-state index in [4.69, 9.17) is 0 Å². The summed E-state index contributed by atoms with van der Waals surface area (Å²) in [4.78, 5) is 57.8. The zero-order valence-electron chi connectivity index (χ0n) is 23.2. The first-order valence-electron chi connectivity index (χ1n) is 13.2. The van der Waals surface area contributed by atoms with E-state index >= 15 is 0 Å². The van der Waals surface area contributed by atoms with Crippen LogP contribution in [0.3, 0.4) is 0 Å². The summed E-state index contributed by atoms with van der Waals surface area (Å²) in [6.45, 7) is 7.41. The number of likely N-dealkylation sites (N-methyl/N-ethyl adjacent to an activating group) is 2. The van der Waals surface area contributed by atoms with Gasteiger partial charge in [0.2, 0.25) is 23.6 Å². The Kier molecular flexibility index (Phi) is 9.66. The van der Waals surface area contributed by atoms with Crippen LogP contribution in [0.2, 0.25) is 0 Å². The third kappa shape index (κ3) is 6.79. The van der Waals surface area contributed by atoms with E-state index in [1.165, 1.54) is 9.80 Å². The van der Waals surface area contributed by atoms with E-state index in [0.717, 1.165) is 11.1 Å². The standard InChI is InChI=1S/C30H40N4O4/c1-19(2)25-29(37)33(5)24(18-22-15-11-8-12-16-22)28(36)32-26(20(3)4)30(38)34(6)23(27(35)31-25)17-21-13-9-7-10-14-21/h7-16,19-20,23-26H,17-18H2,1-6H3,(H,31,35)(H,32,36)/t23-,24-,25-,26-/m1/s1. The van der Waals surface area contributed by atoms with Crippen molar-refractivity contribution in [1.82, 2.24) is 20.4 Å². The summed E-state index contributed by atoms with van der Waals surface area (Å²) < 4.78 is 0. The highest BCUT2D eigenvalue weighted by Gasteiger charge is 2.40. The Hall–Kier alpha value is -3.68. The second-order valence-corrected chi connectivity index (χ2v) is 10.8. The average molecular weight is 521 g/mol. The number of rotatable bonds is 6. The first kappa shape index (κ1) is 28.9. The monoisotopic (exact) mass is 520 g/mol. The predicted octanol–water partition coefficient (Wildman–Crippen LogP) is 2.42. The van der Waals surface area contributed by atoms with Gasteiger partial charge >= 0.3 is 0 Å². The summed E-state index contributed by atoms with van der Waals surface area (Å²) in [5.41, 5.74) is 1.77. The second kappa shape index (κ2) is 12.7. The van der Waals surface area contributed by atoms with Gasteiger partial charge in [0.25, 0.3) is 0 Å². The van der Waals surface area contributed by atoms with Gasteiger partial charge in [-0.15, -0.1) is 0 Å². The molecule has 3 rings (SSSR count). The maximum absolute atomic E-state index is 13.8. The van der Waals surface area contributed by atoms with Crippen molar-refractivity contribution in [3.8, 4) is 0 Å². The van der Waals surface area contributed by atoms with Gasteiger partial charge in [0.1, 0.15) is 24.2 Å². The summed E-state index contributed by atoms with van der Waals surface area (Å²) in [5, 5.41) is 5.85. The number of benzene rings is 2. The molecule has 0 spiro atoms. The van der Waals surface area contributed by atoms with Crippen LogP contribution in [0.4, 0.5) is 0 Å². The van der Waals surface area contributed by atoms with Gasteiger partial charge in [-0.3, -0.25) is 19.2 Å². The highest BCUT2D eigenvalue weighted by Crippen LogP contribution is 2.18. The highest BCUT2D eigenvalue weighted by atomic mass is 16.2. The fourth-order valence-corrected chi connectivity index (χ4v) is 4.76. The Balaban J connectivity index is 2.06. The molecule has 0 radical (unpaired) electrons. The highest BCUT2D eigenvalue weighted by molar-refractivity contribution is 5.97. The third-order valence-corrected chi connectivity index (χ3v) is 7.24. The molecule has 204 valence electrons. The number of amides is 4. The van der Waals surface area contributed by atoms with E-state index in [1.54, 1.807) is 14.1 Å². The lowest BCUT2D eigenvalue weighted by atomic mass is 9.95. The second-order valence-electron chi connectivity index (χ2n) is 10.8. The van der Waals surface area contributed by atoms with E-state index in [1.807, 2.05) is 88.4 Å². The number of carbonyl (C=O) groups is 4. The van der Waals surface area contributed by atoms with Gasteiger partial charge in [-0.1, -0.05) is 88.4 Å². The SMILES string of the molecule is CC(C)[C@H]1NC(=O)[C@@H](Cc2ccccc2)N(C)C(=O)[C@@H](C(C)C)NC(=O)[C@@H](Cc2ccccc2)N(C)C1=O. The van der Waals surface area contributed by atoms with Crippen LogP contribution < -0.4 is 10.6 Å². The van der Waals surface area contributed by atoms with Crippen molar-refractivity contribution < 1.29 is 19.2 Å². The Morgan fingerprint density at radius 1 is 0.605 bits per heavy atom. The third-order valence-electron chi connectivity index (χ3n) is 7.24. The molecule has 4 amide bonds. The van der Waals surface area contributed by atoms with Gasteiger partial charge in [0.15, 0.2) is 0 Å². The lowest BCUT2D eigenvalue weighted by Gasteiger charge is -2.38. The lowest BCUT2D eigenvalue weighted by Crippen LogP contribution is -2.64. The van der Waals surface area contributed by atoms with E-state index in [-0.39, 0.29) is 36.5 Å². The molecule has 38 heavy (non-hydrogen) atoms. The number of nitrogens with zero attached hydrogens (tertiary/aromatic N) is 2. The molecule has 1 aliphatic heterocycles. The summed E-state index contributed by atoms with van der Waals surface area (Å²) in [5.74, 6) is -1.98. The fraction of sp³-hybridized carbons (Fsp3) is 0.467. The van der Waals surface area contributed by atoms with Gasteiger partial charge in [-0.2, -0.15) is 0 Å². The molecule has 0 aliphatic carbocycles. The van der Waals surface area contributed by atoms with Crippen LogP contribution in [0.1, 0.15) is 38.8 Å². The Labute approximate surface area is 225 Å².